The molecule has 0 bridgehead atoms. The van der Waals surface area contributed by atoms with Gasteiger partial charge in [-0.25, -0.2) is 0 Å². The fraction of sp³-hybridized carbons (Fsp3) is 0.955. The summed E-state index contributed by atoms with van der Waals surface area (Å²) in [6, 6.07) is 0. The number of hydrogen-bond acceptors (Lipinski definition) is 2. The number of carbonyl (C=O) groups is 2. The molecule has 0 aliphatic carbocycles. The Bertz CT molecular complexity index is 674. The number of unbranched alkanes of at least 4 members (excludes halogenated alkanes) is 28. The number of halogens is 2. The van der Waals surface area contributed by atoms with Crippen molar-refractivity contribution in [1.82, 2.24) is 0 Å². The van der Waals surface area contributed by atoms with Crippen molar-refractivity contribution in [1.29, 1.82) is 0 Å². The van der Waals surface area contributed by atoms with Gasteiger partial charge in [0.2, 0.25) is 0 Å². The summed E-state index contributed by atoms with van der Waals surface area (Å²) < 4.78 is 0. The minimum atomic E-state index is -0.655. The molecule has 0 aromatic rings. The fourth-order valence-corrected chi connectivity index (χ4v) is 7.99. The second-order valence-corrected chi connectivity index (χ2v) is 17.8. The zero-order valence-electron chi connectivity index (χ0n) is 33.5. The molecule has 2 unspecified atom stereocenters. The van der Waals surface area contributed by atoms with Crippen LogP contribution in [0.25, 0.3) is 0 Å². The monoisotopic (exact) mass is 836 g/mol. The van der Waals surface area contributed by atoms with E-state index in [0.29, 0.717) is 12.8 Å². The molecule has 0 saturated heterocycles. The van der Waals surface area contributed by atoms with Crippen LogP contribution in [0.4, 0.5) is 0 Å². The Balaban J connectivity index is 0. The van der Waals surface area contributed by atoms with E-state index in [-0.39, 0.29) is 0 Å². The van der Waals surface area contributed by atoms with Gasteiger partial charge in [0.25, 0.3) is 0 Å². The van der Waals surface area contributed by atoms with E-state index in [1.165, 1.54) is 205 Å². The van der Waals surface area contributed by atoms with Crippen LogP contribution < -0.4 is 0 Å². The molecule has 300 valence electrons. The maximum Gasteiger partial charge on any atom is 0.303 e. The third-order valence-electron chi connectivity index (χ3n) is 10.1. The lowest BCUT2D eigenvalue weighted by Gasteiger charge is -2.09. The second kappa shape index (κ2) is 45.1. The van der Waals surface area contributed by atoms with Crippen LogP contribution in [-0.4, -0.2) is 31.8 Å². The van der Waals surface area contributed by atoms with Gasteiger partial charge in [0.1, 0.15) is 0 Å². The Kier molecular flexibility index (Phi) is 46.9. The Morgan fingerprint density at radius 2 is 0.520 bits per heavy atom. The van der Waals surface area contributed by atoms with Gasteiger partial charge >= 0.3 is 11.9 Å². The highest BCUT2D eigenvalue weighted by molar-refractivity contribution is 9.09. The third-order valence-corrected chi connectivity index (χ3v) is 11.9. The van der Waals surface area contributed by atoms with Gasteiger partial charge in [-0.2, -0.15) is 0 Å². The van der Waals surface area contributed by atoms with Gasteiger partial charge < -0.3 is 10.2 Å². The number of carboxylic acids is 2. The van der Waals surface area contributed by atoms with E-state index < -0.39 is 11.9 Å². The predicted octanol–water partition coefficient (Wildman–Crippen LogP) is 16.5. The van der Waals surface area contributed by atoms with Crippen molar-refractivity contribution >= 4 is 43.8 Å². The van der Waals surface area contributed by atoms with Crippen molar-refractivity contribution in [2.45, 2.75) is 267 Å². The average Bonchev–Trinajstić information content (AvgIpc) is 3.08. The van der Waals surface area contributed by atoms with Gasteiger partial charge in [-0.05, 0) is 38.5 Å². The maximum atomic E-state index is 10.4. The highest BCUT2D eigenvalue weighted by atomic mass is 79.9. The summed E-state index contributed by atoms with van der Waals surface area (Å²) in [5.74, 6) is -1.31. The van der Waals surface area contributed by atoms with Gasteiger partial charge in [0, 0.05) is 22.5 Å². The zero-order chi connectivity index (χ0) is 37.2. The maximum absolute atomic E-state index is 10.4. The zero-order valence-corrected chi connectivity index (χ0v) is 36.7. The predicted molar refractivity (Wildman–Crippen MR) is 227 cm³/mol. The molecule has 0 aromatic heterocycles. The SMILES string of the molecule is CCCCCCCCC(Br)CCCCCCCCCCCCC(=O)O.CCCCCCCCCC(Br)CCCCCCCCCCCC(=O)O. The van der Waals surface area contributed by atoms with Gasteiger partial charge in [-0.1, -0.05) is 238 Å². The number of aliphatic carboxylic acids is 2. The standard InChI is InChI=1S/2C22H43BrO2/c1-2-3-4-5-12-15-18-21(23)19-16-13-10-8-6-7-9-11-14-17-20-22(24)25;1-2-3-4-5-9-12-15-18-21(23)19-16-13-10-7-6-8-11-14-17-20-22(24)25/h2*21H,2-20H2,1H3,(H,24,25). The van der Waals surface area contributed by atoms with Crippen LogP contribution in [-0.2, 0) is 9.59 Å². The summed E-state index contributed by atoms with van der Waals surface area (Å²) >= 11 is 7.72. The van der Waals surface area contributed by atoms with E-state index in [4.69, 9.17) is 10.2 Å². The molecule has 0 aliphatic heterocycles. The normalized spacial score (nSPS) is 12.4. The van der Waals surface area contributed by atoms with E-state index in [2.05, 4.69) is 45.7 Å². The van der Waals surface area contributed by atoms with Gasteiger partial charge in [-0.3, -0.25) is 9.59 Å². The van der Waals surface area contributed by atoms with Gasteiger partial charge in [0.15, 0.2) is 0 Å². The Morgan fingerprint density at radius 3 is 0.720 bits per heavy atom. The molecule has 6 heteroatoms. The van der Waals surface area contributed by atoms with Crippen molar-refractivity contribution in [2.75, 3.05) is 0 Å². The highest BCUT2D eigenvalue weighted by Gasteiger charge is 2.05. The number of rotatable bonds is 40. The van der Waals surface area contributed by atoms with Crippen molar-refractivity contribution in [3.63, 3.8) is 0 Å². The van der Waals surface area contributed by atoms with Crippen LogP contribution in [0, 0.1) is 0 Å². The summed E-state index contributed by atoms with van der Waals surface area (Å²) in [5, 5.41) is 17.1. The molecule has 0 rings (SSSR count). The first-order valence-electron chi connectivity index (χ1n) is 22.0. The lowest BCUT2D eigenvalue weighted by molar-refractivity contribution is -0.138. The summed E-state index contributed by atoms with van der Waals surface area (Å²) in [5.41, 5.74) is 0. The van der Waals surface area contributed by atoms with Crippen LogP contribution in [0.15, 0.2) is 0 Å². The summed E-state index contributed by atoms with van der Waals surface area (Å²) in [6.07, 6.45) is 48.1. The molecule has 2 N–H and O–H groups in total. The Hall–Kier alpha value is -0.100. The molecule has 0 aliphatic rings. The van der Waals surface area contributed by atoms with E-state index in [1.807, 2.05) is 0 Å². The van der Waals surface area contributed by atoms with E-state index in [9.17, 15) is 9.59 Å². The van der Waals surface area contributed by atoms with Gasteiger partial charge in [-0.15, -0.1) is 0 Å². The average molecular weight is 839 g/mol. The number of carboxylic acid groups (broad SMARTS) is 2. The first kappa shape index (κ1) is 52.0. The summed E-state index contributed by atoms with van der Waals surface area (Å²) in [4.78, 5) is 22.3. The summed E-state index contributed by atoms with van der Waals surface area (Å²) in [7, 11) is 0. The Labute approximate surface area is 329 Å². The molecule has 2 atom stereocenters. The minimum absolute atomic E-state index is 0.340. The molecule has 0 saturated carbocycles. The first-order chi connectivity index (χ1) is 24.3. The lowest BCUT2D eigenvalue weighted by Crippen LogP contribution is -1.98. The van der Waals surface area contributed by atoms with Gasteiger partial charge in [0.05, 0.1) is 0 Å². The molecule has 0 amide bonds. The smallest absolute Gasteiger partial charge is 0.303 e. The fourth-order valence-electron chi connectivity index (χ4n) is 6.69. The topological polar surface area (TPSA) is 74.6 Å². The van der Waals surface area contributed by atoms with Crippen LogP contribution in [0.3, 0.4) is 0 Å². The highest BCUT2D eigenvalue weighted by Crippen LogP contribution is 2.21. The molecular weight excluding hydrogens is 752 g/mol. The molecular formula is C44H86Br2O4. The molecule has 0 radical (unpaired) electrons. The van der Waals surface area contributed by atoms with Crippen LogP contribution in [0.5, 0.6) is 0 Å². The van der Waals surface area contributed by atoms with Crippen LogP contribution >= 0.6 is 31.9 Å². The number of alkyl halides is 2. The van der Waals surface area contributed by atoms with Crippen molar-refractivity contribution in [2.24, 2.45) is 0 Å². The van der Waals surface area contributed by atoms with Crippen LogP contribution in [0.2, 0.25) is 0 Å². The molecule has 0 fully saturated rings. The van der Waals surface area contributed by atoms with Crippen molar-refractivity contribution in [3.8, 4) is 0 Å². The van der Waals surface area contributed by atoms with Crippen molar-refractivity contribution < 1.29 is 19.8 Å². The minimum Gasteiger partial charge on any atom is -0.481 e. The largest absolute Gasteiger partial charge is 0.481 e. The lowest BCUT2D eigenvalue weighted by atomic mass is 10.0. The Morgan fingerprint density at radius 1 is 0.340 bits per heavy atom. The second-order valence-electron chi connectivity index (χ2n) is 15.2. The van der Waals surface area contributed by atoms with Crippen LogP contribution in [0.1, 0.15) is 258 Å². The molecule has 0 aromatic carbocycles. The number of hydrogen-bond donors (Lipinski definition) is 2. The molecule has 50 heavy (non-hydrogen) atoms. The van der Waals surface area contributed by atoms with E-state index in [1.54, 1.807) is 0 Å². The quantitative estimate of drug-likeness (QED) is 0.0476. The molecule has 0 heterocycles. The van der Waals surface area contributed by atoms with E-state index in [0.717, 1.165) is 35.3 Å². The van der Waals surface area contributed by atoms with E-state index >= 15 is 0 Å². The molecule has 4 nitrogen and oxygen atoms in total. The summed E-state index contributed by atoms with van der Waals surface area (Å²) in [6.45, 7) is 4.56. The molecule has 0 spiro atoms. The first-order valence-corrected chi connectivity index (χ1v) is 23.9. The third kappa shape index (κ3) is 50.0. The van der Waals surface area contributed by atoms with Crippen molar-refractivity contribution in [3.05, 3.63) is 0 Å².